The first-order chi connectivity index (χ1) is 18.3. The second-order valence-corrected chi connectivity index (χ2v) is 11.5. The minimum atomic E-state index is -0.762. The molecule has 0 aliphatic carbocycles. The summed E-state index contributed by atoms with van der Waals surface area (Å²) in [5.41, 5.74) is 4.09. The molecule has 2 heterocycles. The van der Waals surface area contributed by atoms with Crippen LogP contribution in [-0.4, -0.2) is 69.7 Å². The molecule has 39 heavy (non-hydrogen) atoms. The molecule has 1 aromatic heterocycles. The van der Waals surface area contributed by atoms with Crippen LogP contribution in [0.15, 0.2) is 60.7 Å². The number of nitrogens with zero attached hydrogens (tertiary/aromatic N) is 4. The maximum atomic E-state index is 13.3. The zero-order valence-corrected chi connectivity index (χ0v) is 23.6. The zero-order chi connectivity index (χ0) is 28.5. The second-order valence-electron chi connectivity index (χ2n) is 11.5. The highest BCUT2D eigenvalue weighted by Crippen LogP contribution is 2.33. The Morgan fingerprint density at radius 3 is 2.26 bits per heavy atom. The van der Waals surface area contributed by atoms with Crippen LogP contribution in [0, 0.1) is 12.7 Å². The van der Waals surface area contributed by atoms with Crippen LogP contribution in [0.25, 0.3) is 11.3 Å². The predicted octanol–water partition coefficient (Wildman–Crippen LogP) is 5.97. The molecule has 0 bridgehead atoms. The van der Waals surface area contributed by atoms with E-state index in [-0.39, 0.29) is 27.8 Å². The van der Waals surface area contributed by atoms with Gasteiger partial charge in [0.1, 0.15) is 23.9 Å². The average molecular weight is 534 g/mol. The summed E-state index contributed by atoms with van der Waals surface area (Å²) in [6, 6.07) is 17.5. The van der Waals surface area contributed by atoms with Crippen LogP contribution in [-0.2, 0) is 6.54 Å². The van der Waals surface area contributed by atoms with Gasteiger partial charge in [-0.3, -0.25) is 14.7 Å². The van der Waals surface area contributed by atoms with Crippen LogP contribution in [0.5, 0.6) is 0 Å². The van der Waals surface area contributed by atoms with E-state index >= 15 is 0 Å². The van der Waals surface area contributed by atoms with Gasteiger partial charge < -0.3 is 10.0 Å². The Morgan fingerprint density at radius 2 is 1.72 bits per heavy atom. The van der Waals surface area contributed by atoms with Gasteiger partial charge in [-0.2, -0.15) is 4.79 Å². The van der Waals surface area contributed by atoms with E-state index in [9.17, 15) is 19.1 Å². The molecule has 1 N–H and O–H groups in total. The molecule has 8 heteroatoms. The van der Waals surface area contributed by atoms with Crippen LogP contribution < -0.4 is 4.90 Å². The summed E-state index contributed by atoms with van der Waals surface area (Å²) in [6.07, 6.45) is -0.762. The third-order valence-corrected chi connectivity index (χ3v) is 8.07. The lowest BCUT2D eigenvalue weighted by molar-refractivity contribution is -0.929. The molecule has 1 aliphatic heterocycles. The number of carboxylic acid groups (broad SMARTS) is 1. The number of hydrogen-bond donors (Lipinski definition) is 1. The summed E-state index contributed by atoms with van der Waals surface area (Å²) in [6.45, 7) is 12.5. The molecule has 4 rings (SSSR count). The van der Waals surface area contributed by atoms with Crippen LogP contribution in [0.4, 0.5) is 14.9 Å². The molecule has 206 valence electrons. The average Bonchev–Trinajstić information content (AvgIpc) is 2.88. The van der Waals surface area contributed by atoms with Crippen molar-refractivity contribution < 1.29 is 23.6 Å². The van der Waals surface area contributed by atoms with Crippen molar-refractivity contribution in [1.82, 2.24) is 9.88 Å². The van der Waals surface area contributed by atoms with E-state index in [2.05, 4.69) is 9.88 Å². The number of piperazine rings is 1. The third kappa shape index (κ3) is 5.58. The van der Waals surface area contributed by atoms with Gasteiger partial charge in [0, 0.05) is 31.4 Å². The summed E-state index contributed by atoms with van der Waals surface area (Å²) in [4.78, 5) is 34.0. The molecular formula is C31H38FN4O3+. The maximum absolute atomic E-state index is 13.3. The molecule has 0 spiro atoms. The first-order valence-electron chi connectivity index (χ1n) is 13.3. The van der Waals surface area contributed by atoms with Gasteiger partial charge in [0.15, 0.2) is 0 Å². The largest absolute Gasteiger partial charge is 0.514 e. The van der Waals surface area contributed by atoms with Gasteiger partial charge in [0.05, 0.1) is 23.5 Å². The van der Waals surface area contributed by atoms with Crippen molar-refractivity contribution in [2.45, 2.75) is 52.7 Å². The minimum absolute atomic E-state index is 0.0365. The molecular weight excluding hydrogens is 495 g/mol. The number of hydrogen-bond acceptors (Lipinski definition) is 4. The number of halogens is 1. The van der Waals surface area contributed by atoms with Crippen LogP contribution in [0.1, 0.15) is 49.3 Å². The SMILES string of the molecule is Cc1nc(-c2ccc(F)cc2)ccc1C(=O)N(C)c1ccc(CN2CC[N+](C(=O)O)(C(C)(C)C)[C@@H](C)C2)cc1. The number of rotatable bonds is 5. The lowest BCUT2D eigenvalue weighted by Gasteiger charge is -2.52. The van der Waals surface area contributed by atoms with Crippen LogP contribution >= 0.6 is 0 Å². The van der Waals surface area contributed by atoms with Crippen molar-refractivity contribution in [3.05, 3.63) is 83.3 Å². The minimum Gasteiger partial charge on any atom is -0.435 e. The quantitative estimate of drug-likeness (QED) is 0.409. The van der Waals surface area contributed by atoms with Gasteiger partial charge in [-0.15, -0.1) is 0 Å². The Hall–Kier alpha value is -3.62. The van der Waals surface area contributed by atoms with Crippen molar-refractivity contribution in [2.75, 3.05) is 31.6 Å². The van der Waals surface area contributed by atoms with Gasteiger partial charge in [0.2, 0.25) is 0 Å². The van der Waals surface area contributed by atoms with Gasteiger partial charge in [-0.25, -0.2) is 8.87 Å². The first-order valence-corrected chi connectivity index (χ1v) is 13.3. The highest BCUT2D eigenvalue weighted by atomic mass is 19.1. The van der Waals surface area contributed by atoms with E-state index in [0.29, 0.717) is 36.6 Å². The zero-order valence-electron chi connectivity index (χ0n) is 23.6. The van der Waals surface area contributed by atoms with E-state index < -0.39 is 6.09 Å². The van der Waals surface area contributed by atoms with E-state index in [1.165, 1.54) is 12.1 Å². The highest BCUT2D eigenvalue weighted by Gasteiger charge is 2.54. The lowest BCUT2D eigenvalue weighted by Crippen LogP contribution is -2.73. The van der Waals surface area contributed by atoms with Crippen LogP contribution in [0.3, 0.4) is 0 Å². The number of quaternary nitrogens is 1. The summed E-state index contributed by atoms with van der Waals surface area (Å²) in [5, 5.41) is 10.1. The lowest BCUT2D eigenvalue weighted by atomic mass is 9.95. The Morgan fingerprint density at radius 1 is 1.08 bits per heavy atom. The third-order valence-electron chi connectivity index (χ3n) is 8.07. The molecule has 0 radical (unpaired) electrons. The van der Waals surface area contributed by atoms with E-state index in [1.54, 1.807) is 43.1 Å². The van der Waals surface area contributed by atoms with E-state index in [1.807, 2.05) is 52.0 Å². The van der Waals surface area contributed by atoms with Crippen molar-refractivity contribution >= 4 is 17.7 Å². The van der Waals surface area contributed by atoms with Crippen molar-refractivity contribution in [3.8, 4) is 11.3 Å². The number of aromatic nitrogens is 1. The molecule has 2 atom stereocenters. The molecule has 1 saturated heterocycles. The Balaban J connectivity index is 1.42. The van der Waals surface area contributed by atoms with Crippen molar-refractivity contribution in [3.63, 3.8) is 0 Å². The van der Waals surface area contributed by atoms with Gasteiger partial charge >= 0.3 is 6.09 Å². The molecule has 1 aliphatic rings. The molecule has 2 aromatic carbocycles. The number of pyridine rings is 1. The number of aryl methyl sites for hydroxylation is 1. The van der Waals surface area contributed by atoms with E-state index in [0.717, 1.165) is 23.4 Å². The molecule has 1 fully saturated rings. The fourth-order valence-electron chi connectivity index (χ4n) is 5.78. The molecule has 2 amide bonds. The normalized spacial score (nSPS) is 20.0. The summed E-state index contributed by atoms with van der Waals surface area (Å²) in [5.74, 6) is -0.464. The predicted molar refractivity (Wildman–Crippen MR) is 151 cm³/mol. The van der Waals surface area contributed by atoms with Gasteiger partial charge in [-0.1, -0.05) is 12.1 Å². The summed E-state index contributed by atoms with van der Waals surface area (Å²) >= 11 is 0. The smallest absolute Gasteiger partial charge is 0.435 e. The Labute approximate surface area is 230 Å². The summed E-state index contributed by atoms with van der Waals surface area (Å²) < 4.78 is 13.3. The Bertz CT molecular complexity index is 1350. The van der Waals surface area contributed by atoms with Crippen LogP contribution in [0.2, 0.25) is 0 Å². The van der Waals surface area contributed by atoms with Gasteiger partial charge in [0.25, 0.3) is 5.91 Å². The molecule has 1 unspecified atom stereocenters. The standard InChI is InChI=1S/C31H37FN4O3/c1-21-19-35(17-18-36(21,30(38)39)31(3,4)5)20-23-7-13-26(14-8-23)34(6)29(37)27-15-16-28(33-22(27)2)24-9-11-25(32)12-10-24/h7-16,21H,17-20H2,1-6H3/p+1/t21-,36?/m0/s1. The molecule has 7 nitrogen and oxygen atoms in total. The fraction of sp³-hybridized carbons (Fsp3) is 0.387. The second kappa shape index (κ2) is 10.9. The molecule has 3 aromatic rings. The Kier molecular flexibility index (Phi) is 7.91. The summed E-state index contributed by atoms with van der Waals surface area (Å²) in [7, 11) is 1.74. The number of carbonyl (C=O) groups excluding carboxylic acids is 1. The monoisotopic (exact) mass is 533 g/mol. The number of anilines is 1. The number of amides is 2. The van der Waals surface area contributed by atoms with Gasteiger partial charge in [-0.05, 0) is 88.7 Å². The molecule has 0 saturated carbocycles. The number of benzene rings is 2. The van der Waals surface area contributed by atoms with E-state index in [4.69, 9.17) is 0 Å². The topological polar surface area (TPSA) is 73.7 Å². The number of carbonyl (C=O) groups is 2. The fourth-order valence-corrected chi connectivity index (χ4v) is 5.78. The maximum Gasteiger partial charge on any atom is 0.514 e. The van der Waals surface area contributed by atoms with Crippen molar-refractivity contribution in [1.29, 1.82) is 0 Å². The first kappa shape index (κ1) is 28.4. The van der Waals surface area contributed by atoms with Crippen molar-refractivity contribution in [2.24, 2.45) is 0 Å². The highest BCUT2D eigenvalue weighted by molar-refractivity contribution is 6.06.